The molecule has 2 aromatic carbocycles. The largest absolute Gasteiger partial charge is 0.382 e. The normalized spacial score (nSPS) is 10.7. The molecule has 90 valence electrons. The van der Waals surface area contributed by atoms with Crippen molar-refractivity contribution in [2.45, 2.75) is 0 Å². The number of hydrogen-bond acceptors (Lipinski definition) is 3. The number of aromatic amines is 1. The SMILES string of the molecule is Nc1n[nH]c2cc(Nc3ccccc3F)ccc12. The minimum absolute atomic E-state index is 0.290. The highest BCUT2D eigenvalue weighted by Gasteiger charge is 2.04. The van der Waals surface area contributed by atoms with E-state index in [9.17, 15) is 4.39 Å². The topological polar surface area (TPSA) is 66.7 Å². The second-order valence-electron chi connectivity index (χ2n) is 3.97. The molecule has 0 radical (unpaired) electrons. The lowest BCUT2D eigenvalue weighted by Crippen LogP contribution is -1.93. The van der Waals surface area contributed by atoms with Gasteiger partial charge in [0.2, 0.25) is 0 Å². The molecule has 0 saturated heterocycles. The van der Waals surface area contributed by atoms with Gasteiger partial charge in [-0.15, -0.1) is 0 Å². The number of benzene rings is 2. The number of aromatic nitrogens is 2. The zero-order valence-corrected chi connectivity index (χ0v) is 9.44. The molecule has 0 spiro atoms. The summed E-state index contributed by atoms with van der Waals surface area (Å²) in [5.41, 5.74) is 7.70. The third kappa shape index (κ3) is 1.75. The fourth-order valence-corrected chi connectivity index (χ4v) is 1.84. The van der Waals surface area contributed by atoms with E-state index in [1.54, 1.807) is 18.2 Å². The highest BCUT2D eigenvalue weighted by atomic mass is 19.1. The number of nitrogens with two attached hydrogens (primary N) is 1. The summed E-state index contributed by atoms with van der Waals surface area (Å²) in [4.78, 5) is 0. The molecule has 0 aliphatic rings. The number of anilines is 3. The highest BCUT2D eigenvalue weighted by molar-refractivity contribution is 5.91. The third-order valence-corrected chi connectivity index (χ3v) is 2.75. The van der Waals surface area contributed by atoms with E-state index in [1.165, 1.54) is 6.07 Å². The second-order valence-corrected chi connectivity index (χ2v) is 3.97. The standard InChI is InChI=1S/C13H11FN4/c14-10-3-1-2-4-11(10)16-8-5-6-9-12(7-8)17-18-13(9)15/h1-7,16H,(H3,15,17,18). The zero-order chi connectivity index (χ0) is 12.5. The zero-order valence-electron chi connectivity index (χ0n) is 9.44. The Morgan fingerprint density at radius 3 is 2.83 bits per heavy atom. The quantitative estimate of drug-likeness (QED) is 0.647. The fraction of sp³-hybridized carbons (Fsp3) is 0. The number of nitrogen functional groups attached to an aromatic ring is 1. The van der Waals surface area contributed by atoms with Crippen molar-refractivity contribution in [3.8, 4) is 0 Å². The number of para-hydroxylation sites is 1. The van der Waals surface area contributed by atoms with E-state index in [0.717, 1.165) is 16.6 Å². The van der Waals surface area contributed by atoms with Crippen LogP contribution in [0.15, 0.2) is 42.5 Å². The minimum Gasteiger partial charge on any atom is -0.382 e. The molecule has 3 rings (SSSR count). The molecule has 0 atom stereocenters. The Bertz CT molecular complexity index is 705. The Morgan fingerprint density at radius 2 is 2.00 bits per heavy atom. The summed E-state index contributed by atoms with van der Waals surface area (Å²) in [6.07, 6.45) is 0. The van der Waals surface area contributed by atoms with Gasteiger partial charge in [-0.25, -0.2) is 4.39 Å². The first-order valence-corrected chi connectivity index (χ1v) is 5.49. The maximum Gasteiger partial charge on any atom is 0.153 e. The average molecular weight is 242 g/mol. The van der Waals surface area contributed by atoms with Gasteiger partial charge in [0.25, 0.3) is 0 Å². The Labute approximate surface area is 103 Å². The molecule has 3 aromatic rings. The smallest absolute Gasteiger partial charge is 0.153 e. The Kier molecular flexibility index (Phi) is 2.37. The lowest BCUT2D eigenvalue weighted by atomic mass is 10.2. The van der Waals surface area contributed by atoms with E-state index in [2.05, 4.69) is 15.5 Å². The molecule has 0 aliphatic carbocycles. The van der Waals surface area contributed by atoms with Crippen LogP contribution in [0.3, 0.4) is 0 Å². The first-order valence-electron chi connectivity index (χ1n) is 5.49. The summed E-state index contributed by atoms with van der Waals surface area (Å²) in [6.45, 7) is 0. The first-order chi connectivity index (χ1) is 8.74. The molecule has 18 heavy (non-hydrogen) atoms. The molecule has 0 saturated carbocycles. The minimum atomic E-state index is -0.290. The van der Waals surface area contributed by atoms with Crippen LogP contribution in [-0.4, -0.2) is 10.2 Å². The van der Waals surface area contributed by atoms with Gasteiger partial charge in [-0.05, 0) is 30.3 Å². The number of nitrogens with zero attached hydrogens (tertiary/aromatic N) is 1. The summed E-state index contributed by atoms with van der Waals surface area (Å²) in [5, 5.41) is 10.6. The molecule has 0 bridgehead atoms. The Balaban J connectivity index is 1.98. The van der Waals surface area contributed by atoms with Crippen LogP contribution in [0.1, 0.15) is 0 Å². The van der Waals surface area contributed by atoms with Crippen LogP contribution < -0.4 is 11.1 Å². The first kappa shape index (κ1) is 10.6. The van der Waals surface area contributed by atoms with E-state index in [4.69, 9.17) is 5.73 Å². The molecule has 0 aliphatic heterocycles. The summed E-state index contributed by atoms with van der Waals surface area (Å²) in [7, 11) is 0. The van der Waals surface area contributed by atoms with E-state index in [0.29, 0.717) is 11.5 Å². The van der Waals surface area contributed by atoms with Gasteiger partial charge < -0.3 is 11.1 Å². The molecule has 1 aromatic heterocycles. The lowest BCUT2D eigenvalue weighted by molar-refractivity contribution is 0.632. The van der Waals surface area contributed by atoms with Crippen molar-refractivity contribution in [1.29, 1.82) is 0 Å². The van der Waals surface area contributed by atoms with Crippen molar-refractivity contribution in [2.24, 2.45) is 0 Å². The fourth-order valence-electron chi connectivity index (χ4n) is 1.84. The highest BCUT2D eigenvalue weighted by Crippen LogP contribution is 2.24. The van der Waals surface area contributed by atoms with Gasteiger partial charge in [0.1, 0.15) is 5.82 Å². The number of nitrogens with one attached hydrogen (secondary N) is 2. The molecule has 4 nitrogen and oxygen atoms in total. The molecule has 0 amide bonds. The Morgan fingerprint density at radius 1 is 1.17 bits per heavy atom. The maximum atomic E-state index is 13.5. The van der Waals surface area contributed by atoms with Crippen LogP contribution in [-0.2, 0) is 0 Å². The van der Waals surface area contributed by atoms with Gasteiger partial charge in [0.15, 0.2) is 5.82 Å². The molecule has 0 unspecified atom stereocenters. The van der Waals surface area contributed by atoms with Crippen LogP contribution in [0.4, 0.5) is 21.6 Å². The number of halogens is 1. The van der Waals surface area contributed by atoms with Crippen molar-refractivity contribution in [2.75, 3.05) is 11.1 Å². The molecule has 1 heterocycles. The molecule has 4 N–H and O–H groups in total. The van der Waals surface area contributed by atoms with Gasteiger partial charge in [-0.1, -0.05) is 12.1 Å². The molecular weight excluding hydrogens is 231 g/mol. The predicted octanol–water partition coefficient (Wildman–Crippen LogP) is 3.03. The third-order valence-electron chi connectivity index (χ3n) is 2.75. The number of rotatable bonds is 2. The second kappa shape index (κ2) is 4.03. The van der Waals surface area contributed by atoms with Crippen molar-refractivity contribution in [1.82, 2.24) is 10.2 Å². The number of fused-ring (bicyclic) bond motifs is 1. The van der Waals surface area contributed by atoms with Crippen molar-refractivity contribution in [3.05, 3.63) is 48.3 Å². The van der Waals surface area contributed by atoms with Crippen LogP contribution in [0.5, 0.6) is 0 Å². The van der Waals surface area contributed by atoms with Crippen LogP contribution >= 0.6 is 0 Å². The van der Waals surface area contributed by atoms with Gasteiger partial charge in [-0.2, -0.15) is 5.10 Å². The van der Waals surface area contributed by atoms with Gasteiger partial charge >= 0.3 is 0 Å². The monoisotopic (exact) mass is 242 g/mol. The number of hydrogen-bond donors (Lipinski definition) is 3. The summed E-state index contributed by atoms with van der Waals surface area (Å²) in [5.74, 6) is 0.171. The van der Waals surface area contributed by atoms with Crippen LogP contribution in [0, 0.1) is 5.82 Å². The summed E-state index contributed by atoms with van der Waals surface area (Å²) < 4.78 is 13.5. The molecular formula is C13H11FN4. The van der Waals surface area contributed by atoms with E-state index in [1.807, 2.05) is 18.2 Å². The predicted molar refractivity (Wildman–Crippen MR) is 70.2 cm³/mol. The van der Waals surface area contributed by atoms with Gasteiger partial charge in [0, 0.05) is 11.1 Å². The maximum absolute atomic E-state index is 13.5. The van der Waals surface area contributed by atoms with Gasteiger partial charge in [-0.3, -0.25) is 5.10 Å². The van der Waals surface area contributed by atoms with Crippen molar-refractivity contribution in [3.63, 3.8) is 0 Å². The van der Waals surface area contributed by atoms with E-state index < -0.39 is 0 Å². The van der Waals surface area contributed by atoms with Crippen LogP contribution in [0.2, 0.25) is 0 Å². The average Bonchev–Trinajstić information content (AvgIpc) is 2.74. The summed E-state index contributed by atoms with van der Waals surface area (Å²) >= 11 is 0. The van der Waals surface area contributed by atoms with Gasteiger partial charge in [0.05, 0.1) is 11.2 Å². The van der Waals surface area contributed by atoms with Crippen LogP contribution in [0.25, 0.3) is 10.9 Å². The molecule has 5 heteroatoms. The summed E-state index contributed by atoms with van der Waals surface area (Å²) in [6, 6.07) is 12.0. The van der Waals surface area contributed by atoms with E-state index >= 15 is 0 Å². The molecule has 0 fully saturated rings. The van der Waals surface area contributed by atoms with Crippen molar-refractivity contribution >= 4 is 28.1 Å². The van der Waals surface area contributed by atoms with Crippen molar-refractivity contribution < 1.29 is 4.39 Å². The number of H-pyrrole nitrogens is 1. The Hall–Kier alpha value is -2.56. The van der Waals surface area contributed by atoms with E-state index in [-0.39, 0.29) is 5.82 Å². The lowest BCUT2D eigenvalue weighted by Gasteiger charge is -2.07.